The Bertz CT molecular complexity index is 945. The molecule has 0 bridgehead atoms. The van der Waals surface area contributed by atoms with E-state index in [-0.39, 0.29) is 17.8 Å². The van der Waals surface area contributed by atoms with Crippen LogP contribution in [0.3, 0.4) is 0 Å². The zero-order valence-electron chi connectivity index (χ0n) is 16.3. The van der Waals surface area contributed by atoms with Crippen molar-refractivity contribution < 1.29 is 14.3 Å². The molecule has 2 aromatic rings. The van der Waals surface area contributed by atoms with Crippen molar-refractivity contribution >= 4 is 17.6 Å². The number of anilines is 1. The van der Waals surface area contributed by atoms with Crippen LogP contribution in [0, 0.1) is 18.3 Å². The number of aryl methyl sites for hydroxylation is 1. The number of hydrogen-bond donors (Lipinski definition) is 1. The van der Waals surface area contributed by atoms with Gasteiger partial charge in [-0.05, 0) is 49.9 Å². The van der Waals surface area contributed by atoms with E-state index in [1.54, 1.807) is 0 Å². The Morgan fingerprint density at radius 1 is 1.14 bits per heavy atom. The normalized spacial score (nSPS) is 23.1. The lowest BCUT2D eigenvalue weighted by atomic mass is 9.74. The molecule has 4 nitrogen and oxygen atoms in total. The molecule has 1 aliphatic heterocycles. The molecule has 2 unspecified atom stereocenters. The van der Waals surface area contributed by atoms with Crippen LogP contribution in [0.5, 0.6) is 0 Å². The molecule has 0 aromatic heterocycles. The lowest BCUT2D eigenvalue weighted by Crippen LogP contribution is -2.32. The third-order valence-electron chi connectivity index (χ3n) is 5.79. The van der Waals surface area contributed by atoms with Crippen LogP contribution in [-0.4, -0.2) is 18.5 Å². The molecule has 1 saturated heterocycles. The fourth-order valence-corrected chi connectivity index (χ4v) is 4.48. The predicted molar refractivity (Wildman–Crippen MR) is 109 cm³/mol. The monoisotopic (exact) mass is 375 g/mol. The van der Waals surface area contributed by atoms with Gasteiger partial charge in [0, 0.05) is 11.6 Å². The number of rotatable bonds is 5. The second-order valence-electron chi connectivity index (χ2n) is 8.14. The number of carbonyl (C=O) groups excluding carboxylic acids is 2. The van der Waals surface area contributed by atoms with Crippen molar-refractivity contribution in [2.75, 3.05) is 11.9 Å². The van der Waals surface area contributed by atoms with E-state index in [0.717, 1.165) is 28.8 Å². The number of allylic oxidation sites excluding steroid dienone is 1. The van der Waals surface area contributed by atoms with Crippen molar-refractivity contribution in [1.29, 1.82) is 0 Å². The summed E-state index contributed by atoms with van der Waals surface area (Å²) in [7, 11) is 0. The highest BCUT2D eigenvalue weighted by Crippen LogP contribution is 2.49. The average molecular weight is 375 g/mol. The Morgan fingerprint density at radius 3 is 2.68 bits per heavy atom. The summed E-state index contributed by atoms with van der Waals surface area (Å²) in [6.45, 7) is 4.59. The number of carbonyl (C=O) groups is 2. The molecule has 28 heavy (non-hydrogen) atoms. The minimum Gasteiger partial charge on any atom is -0.465 e. The smallest absolute Gasteiger partial charge is 0.313 e. The van der Waals surface area contributed by atoms with Gasteiger partial charge in [0.2, 0.25) is 5.91 Å². The highest BCUT2D eigenvalue weighted by atomic mass is 16.5. The second kappa shape index (κ2) is 7.27. The largest absolute Gasteiger partial charge is 0.465 e. The fourth-order valence-electron chi connectivity index (χ4n) is 4.48. The summed E-state index contributed by atoms with van der Waals surface area (Å²) in [4.78, 5) is 24.7. The molecule has 4 rings (SSSR count). The Hall–Kier alpha value is -2.88. The molecule has 2 aromatic carbocycles. The molecule has 2 atom stereocenters. The van der Waals surface area contributed by atoms with Crippen LogP contribution in [0.4, 0.5) is 5.69 Å². The first kappa shape index (κ1) is 18.5. The van der Waals surface area contributed by atoms with Gasteiger partial charge in [-0.15, -0.1) is 0 Å². The molecule has 4 heteroatoms. The number of fused-ring (bicyclic) bond motifs is 1. The van der Waals surface area contributed by atoms with Crippen LogP contribution in [0.2, 0.25) is 0 Å². The maximum absolute atomic E-state index is 12.4. The van der Waals surface area contributed by atoms with E-state index in [2.05, 4.69) is 18.3 Å². The minimum absolute atomic E-state index is 0.0352. The molecule has 1 heterocycles. The van der Waals surface area contributed by atoms with Crippen molar-refractivity contribution in [3.05, 3.63) is 76.9 Å². The molecule has 1 aliphatic carbocycles. The molecular weight excluding hydrogens is 350 g/mol. The molecule has 0 radical (unpaired) electrons. The van der Waals surface area contributed by atoms with Crippen molar-refractivity contribution in [2.24, 2.45) is 11.3 Å². The molecule has 1 amide bonds. The van der Waals surface area contributed by atoms with Gasteiger partial charge in [-0.1, -0.05) is 53.6 Å². The van der Waals surface area contributed by atoms with Gasteiger partial charge in [0.25, 0.3) is 0 Å². The average Bonchev–Trinajstić information content (AvgIpc) is 3.11. The zero-order valence-corrected chi connectivity index (χ0v) is 16.3. The topological polar surface area (TPSA) is 55.4 Å². The van der Waals surface area contributed by atoms with Crippen LogP contribution in [0.25, 0.3) is 0 Å². The van der Waals surface area contributed by atoms with Gasteiger partial charge >= 0.3 is 5.97 Å². The third-order valence-corrected chi connectivity index (χ3v) is 5.79. The predicted octanol–water partition coefficient (Wildman–Crippen LogP) is 4.23. The summed E-state index contributed by atoms with van der Waals surface area (Å²) in [5.74, 6) is 0.0573. The van der Waals surface area contributed by atoms with Crippen LogP contribution < -0.4 is 5.32 Å². The molecule has 2 aliphatic rings. The first-order valence-corrected chi connectivity index (χ1v) is 9.73. The summed E-state index contributed by atoms with van der Waals surface area (Å²) >= 11 is 0. The number of cyclic esters (lactones) is 1. The third kappa shape index (κ3) is 3.59. The van der Waals surface area contributed by atoms with Gasteiger partial charge in [-0.2, -0.15) is 0 Å². The maximum Gasteiger partial charge on any atom is 0.313 e. The number of hydrogen-bond acceptors (Lipinski definition) is 3. The van der Waals surface area contributed by atoms with Crippen molar-refractivity contribution in [3.63, 3.8) is 0 Å². The van der Waals surface area contributed by atoms with Crippen LogP contribution >= 0.6 is 0 Å². The summed E-state index contributed by atoms with van der Waals surface area (Å²) in [6, 6.07) is 15.8. The second-order valence-corrected chi connectivity index (χ2v) is 8.14. The lowest BCUT2D eigenvalue weighted by molar-refractivity contribution is -0.146. The maximum atomic E-state index is 12.4. The highest BCUT2D eigenvalue weighted by Gasteiger charge is 2.54. The number of nitrogens with one attached hydrogen (secondary N) is 1. The highest BCUT2D eigenvalue weighted by molar-refractivity contribution is 5.92. The summed E-state index contributed by atoms with van der Waals surface area (Å²) in [5.41, 5.74) is 4.83. The van der Waals surface area contributed by atoms with Gasteiger partial charge in [0.05, 0.1) is 18.4 Å². The molecular formula is C24H25NO3. The fraction of sp³-hybridized carbons (Fsp3) is 0.333. The van der Waals surface area contributed by atoms with Crippen LogP contribution in [-0.2, 0) is 27.2 Å². The first-order chi connectivity index (χ1) is 13.4. The van der Waals surface area contributed by atoms with Crippen molar-refractivity contribution in [3.8, 4) is 0 Å². The number of esters is 1. The Labute approximate surface area is 165 Å². The van der Waals surface area contributed by atoms with E-state index in [4.69, 9.17) is 4.74 Å². The van der Waals surface area contributed by atoms with Gasteiger partial charge in [0.1, 0.15) is 0 Å². The molecule has 1 fully saturated rings. The van der Waals surface area contributed by atoms with E-state index >= 15 is 0 Å². The first-order valence-electron chi connectivity index (χ1n) is 9.73. The SMILES string of the molecule is CC1=CC2COC(=O)C2(Cc2ccc(NC(=O)Cc3cccc(C)c3)cc2)C1. The summed E-state index contributed by atoms with van der Waals surface area (Å²) in [6.07, 6.45) is 3.98. The molecule has 0 saturated carbocycles. The minimum atomic E-state index is -0.444. The zero-order chi connectivity index (χ0) is 19.7. The van der Waals surface area contributed by atoms with Crippen molar-refractivity contribution in [1.82, 2.24) is 0 Å². The van der Waals surface area contributed by atoms with E-state index in [1.807, 2.05) is 55.5 Å². The quantitative estimate of drug-likeness (QED) is 0.629. The number of ether oxygens (including phenoxy) is 1. The number of amides is 1. The molecule has 144 valence electrons. The van der Waals surface area contributed by atoms with Crippen LogP contribution in [0.1, 0.15) is 30.0 Å². The van der Waals surface area contributed by atoms with Gasteiger partial charge in [-0.25, -0.2) is 0 Å². The van der Waals surface area contributed by atoms with Gasteiger partial charge in [0.15, 0.2) is 0 Å². The Morgan fingerprint density at radius 2 is 1.93 bits per heavy atom. The van der Waals surface area contributed by atoms with E-state index in [9.17, 15) is 9.59 Å². The lowest BCUT2D eigenvalue weighted by Gasteiger charge is -2.25. The molecule has 1 N–H and O–H groups in total. The Kier molecular flexibility index (Phi) is 4.80. The summed E-state index contributed by atoms with van der Waals surface area (Å²) in [5, 5.41) is 2.95. The summed E-state index contributed by atoms with van der Waals surface area (Å²) < 4.78 is 5.34. The van der Waals surface area contributed by atoms with Crippen molar-refractivity contribution in [2.45, 2.75) is 33.1 Å². The van der Waals surface area contributed by atoms with E-state index in [0.29, 0.717) is 19.4 Å². The molecule has 0 spiro atoms. The van der Waals surface area contributed by atoms with E-state index in [1.165, 1.54) is 5.57 Å². The standard InChI is InChI=1S/C24H25NO3/c1-16-4-3-5-19(10-16)12-22(26)25-21-8-6-18(7-9-21)14-24-13-17(2)11-20(24)15-28-23(24)27/h3-11,20H,12-15H2,1-2H3,(H,25,26). The van der Waals surface area contributed by atoms with Gasteiger partial charge < -0.3 is 10.1 Å². The van der Waals surface area contributed by atoms with Gasteiger partial charge in [-0.3, -0.25) is 9.59 Å². The Balaban J connectivity index is 1.40. The van der Waals surface area contributed by atoms with Crippen LogP contribution in [0.15, 0.2) is 60.2 Å². The number of benzene rings is 2. The van der Waals surface area contributed by atoms with E-state index < -0.39 is 5.41 Å².